The van der Waals surface area contributed by atoms with Gasteiger partial charge in [-0.2, -0.15) is 24.1 Å². The van der Waals surface area contributed by atoms with E-state index in [0.717, 1.165) is 6.54 Å². The third kappa shape index (κ3) is 5.51. The molecule has 1 aromatic carbocycles. The number of fused-ring (bicyclic) bond motifs is 1. The van der Waals surface area contributed by atoms with Gasteiger partial charge in [0.2, 0.25) is 0 Å². The number of aryl methyl sites for hydroxylation is 1. The summed E-state index contributed by atoms with van der Waals surface area (Å²) < 4.78 is 41.9. The molecule has 0 atom stereocenters. The summed E-state index contributed by atoms with van der Waals surface area (Å²) in [6, 6.07) is 5.99. The fourth-order valence-electron chi connectivity index (χ4n) is 4.94. The molecule has 5 aromatic rings. The van der Waals surface area contributed by atoms with Crippen molar-refractivity contribution in [2.45, 2.75) is 25.7 Å². The third-order valence-corrected chi connectivity index (χ3v) is 6.81. The van der Waals surface area contributed by atoms with Crippen molar-refractivity contribution in [1.82, 2.24) is 39.1 Å². The van der Waals surface area contributed by atoms with Gasteiger partial charge in [-0.05, 0) is 30.8 Å². The van der Waals surface area contributed by atoms with Gasteiger partial charge >= 0.3 is 6.61 Å². The van der Waals surface area contributed by atoms with Crippen LogP contribution in [0.4, 0.5) is 14.5 Å². The SMILES string of the molecule is CCN1CC(O)(Cn2cc(Oc3ccc(OC(F)F)c(-c4nn(C)cc4NC(=O)c4cnn5cccnc45)c3)cn2)C1. The highest BCUT2D eigenvalue weighted by Crippen LogP contribution is 2.39. The molecule has 0 radical (unpaired) electrons. The second kappa shape index (κ2) is 10.8. The number of rotatable bonds is 10. The Hall–Kier alpha value is -4.89. The van der Waals surface area contributed by atoms with Crippen LogP contribution in [0.2, 0.25) is 0 Å². The molecule has 4 aromatic heterocycles. The lowest BCUT2D eigenvalue weighted by molar-refractivity contribution is -0.107. The van der Waals surface area contributed by atoms with E-state index in [1.807, 2.05) is 6.92 Å². The Morgan fingerprint density at radius 2 is 2.02 bits per heavy atom. The van der Waals surface area contributed by atoms with Crippen LogP contribution in [0.3, 0.4) is 0 Å². The first-order valence-electron chi connectivity index (χ1n) is 13.1. The van der Waals surface area contributed by atoms with Crippen molar-refractivity contribution in [2.75, 3.05) is 25.0 Å². The molecule has 0 aliphatic carbocycles. The van der Waals surface area contributed by atoms with Crippen molar-refractivity contribution in [1.29, 1.82) is 0 Å². The number of aliphatic hydroxyl groups is 1. The molecule has 5 heterocycles. The molecular formula is C27H27F2N9O4. The summed E-state index contributed by atoms with van der Waals surface area (Å²) in [6.07, 6.45) is 9.28. The Kier molecular flexibility index (Phi) is 7.04. The number of β-amino-alcohol motifs (C(OH)–C–C–N with tert-alkyl or cyclic N) is 1. The Morgan fingerprint density at radius 1 is 1.19 bits per heavy atom. The van der Waals surface area contributed by atoms with Crippen LogP contribution in [0.25, 0.3) is 16.9 Å². The predicted octanol–water partition coefficient (Wildman–Crippen LogP) is 3.04. The molecule has 1 aliphatic rings. The average molecular weight is 580 g/mol. The molecule has 1 amide bonds. The molecule has 218 valence electrons. The second-order valence-electron chi connectivity index (χ2n) is 10.0. The highest BCUT2D eigenvalue weighted by molar-refractivity contribution is 6.09. The number of anilines is 1. The zero-order valence-electron chi connectivity index (χ0n) is 22.7. The fourth-order valence-corrected chi connectivity index (χ4v) is 4.94. The summed E-state index contributed by atoms with van der Waals surface area (Å²) in [6.45, 7) is 1.23. The molecule has 15 heteroatoms. The maximum absolute atomic E-state index is 13.3. The van der Waals surface area contributed by atoms with Gasteiger partial charge in [-0.25, -0.2) is 9.50 Å². The summed E-state index contributed by atoms with van der Waals surface area (Å²) in [5.41, 5.74) is 0.303. The molecule has 6 rings (SSSR count). The summed E-state index contributed by atoms with van der Waals surface area (Å²) in [5.74, 6) is 0.00571. The molecular weight excluding hydrogens is 552 g/mol. The average Bonchev–Trinajstić information content (AvgIpc) is 3.66. The lowest BCUT2D eigenvalue weighted by atomic mass is 9.94. The van der Waals surface area contributed by atoms with Crippen LogP contribution in [0.1, 0.15) is 17.3 Å². The summed E-state index contributed by atoms with van der Waals surface area (Å²) in [4.78, 5) is 19.5. The molecule has 2 N–H and O–H groups in total. The van der Waals surface area contributed by atoms with E-state index in [-0.39, 0.29) is 28.3 Å². The minimum atomic E-state index is -3.10. The predicted molar refractivity (Wildman–Crippen MR) is 146 cm³/mol. The highest BCUT2D eigenvalue weighted by Gasteiger charge is 2.40. The standard InChI is InChI=1S/C27H27F2N9O4/c1-3-36-14-27(40,15-36)16-37-12-18(10-31-37)41-17-5-6-22(42-26(28)29)19(9-17)23-21(13-35(2)34-23)33-25(39)20-11-32-38-8-4-7-30-24(20)38/h4-13,26,40H,3,14-16H2,1-2H3,(H,33,39). The number of halogens is 2. The van der Waals surface area contributed by atoms with Crippen LogP contribution in [0.5, 0.6) is 17.2 Å². The summed E-state index contributed by atoms with van der Waals surface area (Å²) in [7, 11) is 1.63. The van der Waals surface area contributed by atoms with Crippen molar-refractivity contribution in [3.63, 3.8) is 0 Å². The molecule has 42 heavy (non-hydrogen) atoms. The first-order valence-corrected chi connectivity index (χ1v) is 13.1. The number of benzene rings is 1. The van der Waals surface area contributed by atoms with Crippen LogP contribution < -0.4 is 14.8 Å². The molecule has 1 saturated heterocycles. The van der Waals surface area contributed by atoms with E-state index in [1.54, 1.807) is 42.6 Å². The van der Waals surface area contributed by atoms with Crippen LogP contribution in [-0.2, 0) is 13.6 Å². The van der Waals surface area contributed by atoms with E-state index in [1.165, 1.54) is 39.8 Å². The van der Waals surface area contributed by atoms with Crippen molar-refractivity contribution in [2.24, 2.45) is 7.05 Å². The minimum Gasteiger partial charge on any atom is -0.454 e. The lowest BCUT2D eigenvalue weighted by Crippen LogP contribution is -2.63. The topological polar surface area (TPSA) is 137 Å². The largest absolute Gasteiger partial charge is 0.454 e. The van der Waals surface area contributed by atoms with E-state index < -0.39 is 18.1 Å². The first-order chi connectivity index (χ1) is 20.2. The number of carbonyl (C=O) groups is 1. The lowest BCUT2D eigenvalue weighted by Gasteiger charge is -2.45. The van der Waals surface area contributed by atoms with Gasteiger partial charge in [0, 0.05) is 38.7 Å². The van der Waals surface area contributed by atoms with E-state index >= 15 is 0 Å². The Bertz CT molecular complexity index is 1740. The molecule has 0 spiro atoms. The van der Waals surface area contributed by atoms with Crippen LogP contribution in [0, 0.1) is 0 Å². The van der Waals surface area contributed by atoms with Gasteiger partial charge in [0.15, 0.2) is 11.4 Å². The van der Waals surface area contributed by atoms with Gasteiger partial charge in [-0.1, -0.05) is 6.92 Å². The van der Waals surface area contributed by atoms with Gasteiger partial charge in [-0.15, -0.1) is 0 Å². The Morgan fingerprint density at radius 3 is 2.81 bits per heavy atom. The van der Waals surface area contributed by atoms with Crippen LogP contribution in [-0.4, -0.2) is 81.9 Å². The minimum absolute atomic E-state index is 0.160. The number of nitrogens with zero attached hydrogens (tertiary/aromatic N) is 8. The Labute approximate surface area is 237 Å². The van der Waals surface area contributed by atoms with Crippen LogP contribution in [0.15, 0.2) is 61.4 Å². The van der Waals surface area contributed by atoms with Crippen molar-refractivity contribution >= 4 is 17.2 Å². The number of ether oxygens (including phenoxy) is 2. The van der Waals surface area contributed by atoms with E-state index in [2.05, 4.69) is 30.5 Å². The fraction of sp³-hybridized carbons (Fsp3) is 0.296. The highest BCUT2D eigenvalue weighted by atomic mass is 19.3. The van der Waals surface area contributed by atoms with Gasteiger partial charge in [0.05, 0.1) is 36.4 Å². The zero-order valence-corrected chi connectivity index (χ0v) is 22.7. The molecule has 1 aliphatic heterocycles. The van der Waals surface area contributed by atoms with E-state index in [0.29, 0.717) is 36.8 Å². The molecule has 1 fully saturated rings. The van der Waals surface area contributed by atoms with Gasteiger partial charge < -0.3 is 19.9 Å². The number of amides is 1. The number of hydrogen-bond acceptors (Lipinski definition) is 9. The van der Waals surface area contributed by atoms with E-state index in [9.17, 15) is 18.7 Å². The number of aromatic nitrogens is 7. The van der Waals surface area contributed by atoms with Crippen molar-refractivity contribution in [3.8, 4) is 28.5 Å². The number of hydrogen-bond donors (Lipinski definition) is 2. The van der Waals surface area contributed by atoms with Gasteiger partial charge in [0.25, 0.3) is 5.91 Å². The third-order valence-electron chi connectivity index (χ3n) is 6.81. The number of likely N-dealkylation sites (N-methyl/N-ethyl adjacent to an activating group) is 1. The molecule has 0 unspecified atom stereocenters. The van der Waals surface area contributed by atoms with E-state index in [4.69, 9.17) is 9.47 Å². The monoisotopic (exact) mass is 579 g/mol. The first kappa shape index (κ1) is 27.3. The number of alkyl halides is 2. The molecule has 0 bridgehead atoms. The van der Waals surface area contributed by atoms with Crippen LogP contribution >= 0.6 is 0 Å². The molecule has 0 saturated carbocycles. The van der Waals surface area contributed by atoms with Gasteiger partial charge in [-0.3, -0.25) is 19.1 Å². The maximum Gasteiger partial charge on any atom is 0.387 e. The number of nitrogens with one attached hydrogen (secondary N) is 1. The Balaban J connectivity index is 1.26. The number of likely N-dealkylation sites (tertiary alicyclic amines) is 1. The summed E-state index contributed by atoms with van der Waals surface area (Å²) in [5, 5.41) is 26.3. The van der Waals surface area contributed by atoms with Gasteiger partial charge in [0.1, 0.15) is 28.4 Å². The second-order valence-corrected chi connectivity index (χ2v) is 10.0. The summed E-state index contributed by atoms with van der Waals surface area (Å²) >= 11 is 0. The zero-order chi connectivity index (χ0) is 29.4. The smallest absolute Gasteiger partial charge is 0.387 e. The quantitative estimate of drug-likeness (QED) is 0.256. The molecule has 13 nitrogen and oxygen atoms in total. The van der Waals surface area contributed by atoms with Crippen molar-refractivity contribution in [3.05, 3.63) is 67.0 Å². The van der Waals surface area contributed by atoms with Crippen molar-refractivity contribution < 1.29 is 28.2 Å². The maximum atomic E-state index is 13.3. The normalized spacial score (nSPS) is 14.7. The number of carbonyl (C=O) groups excluding carboxylic acids is 1.